The zero-order valence-corrected chi connectivity index (χ0v) is 10.7. The lowest BCUT2D eigenvalue weighted by atomic mass is 9.86. The van der Waals surface area contributed by atoms with Crippen molar-refractivity contribution in [1.82, 2.24) is 5.48 Å². The number of nitrogens with one attached hydrogen (secondary N) is 1. The summed E-state index contributed by atoms with van der Waals surface area (Å²) in [5.74, 6) is 0.388. The van der Waals surface area contributed by atoms with E-state index in [-0.39, 0.29) is 5.91 Å². The third-order valence-electron chi connectivity index (χ3n) is 4.32. The Labute approximate surface area is 107 Å². The summed E-state index contributed by atoms with van der Waals surface area (Å²) < 4.78 is 0. The quantitative estimate of drug-likeness (QED) is 0.828. The van der Waals surface area contributed by atoms with E-state index in [1.807, 2.05) is 6.92 Å². The Morgan fingerprint density at radius 3 is 2.94 bits per heavy atom. The number of carbonyl (C=O) groups excluding carboxylic acids is 1. The van der Waals surface area contributed by atoms with Crippen LogP contribution in [-0.2, 0) is 16.1 Å². The topological polar surface area (TPSA) is 38.3 Å². The van der Waals surface area contributed by atoms with Crippen molar-refractivity contribution in [1.29, 1.82) is 0 Å². The second kappa shape index (κ2) is 4.39. The van der Waals surface area contributed by atoms with Crippen molar-refractivity contribution < 1.29 is 9.63 Å². The molecule has 0 radical (unpaired) electrons. The van der Waals surface area contributed by atoms with Crippen molar-refractivity contribution in [3.63, 3.8) is 0 Å². The molecule has 1 fully saturated rings. The van der Waals surface area contributed by atoms with Gasteiger partial charge in [-0.3, -0.25) is 9.63 Å². The van der Waals surface area contributed by atoms with Gasteiger partial charge in [0.2, 0.25) is 5.91 Å². The maximum Gasteiger partial charge on any atom is 0.244 e. The van der Waals surface area contributed by atoms with Crippen LogP contribution in [0.2, 0.25) is 0 Å². The van der Waals surface area contributed by atoms with Crippen molar-refractivity contribution in [2.24, 2.45) is 5.41 Å². The van der Waals surface area contributed by atoms with E-state index in [4.69, 9.17) is 4.84 Å². The van der Waals surface area contributed by atoms with E-state index in [1.165, 1.54) is 24.0 Å². The molecule has 3 heteroatoms. The van der Waals surface area contributed by atoms with Crippen molar-refractivity contribution in [2.75, 3.05) is 6.61 Å². The van der Waals surface area contributed by atoms with Gasteiger partial charge in [-0.15, -0.1) is 0 Å². The first-order valence-electron chi connectivity index (χ1n) is 6.73. The van der Waals surface area contributed by atoms with Crippen molar-refractivity contribution in [3.8, 4) is 0 Å². The smallest absolute Gasteiger partial charge is 0.244 e. The molecule has 1 saturated carbocycles. The van der Waals surface area contributed by atoms with Gasteiger partial charge in [0.25, 0.3) is 0 Å². The predicted molar refractivity (Wildman–Crippen MR) is 68.9 cm³/mol. The highest BCUT2D eigenvalue weighted by atomic mass is 16.6. The van der Waals surface area contributed by atoms with Gasteiger partial charge >= 0.3 is 0 Å². The van der Waals surface area contributed by atoms with E-state index in [2.05, 4.69) is 29.7 Å². The van der Waals surface area contributed by atoms with Gasteiger partial charge in [-0.2, -0.15) is 0 Å². The number of amides is 1. The molecule has 0 bridgehead atoms. The number of benzene rings is 1. The highest BCUT2D eigenvalue weighted by molar-refractivity contribution is 5.76. The van der Waals surface area contributed by atoms with Crippen molar-refractivity contribution in [2.45, 2.75) is 38.5 Å². The summed E-state index contributed by atoms with van der Waals surface area (Å²) >= 11 is 0. The van der Waals surface area contributed by atoms with E-state index in [0.717, 1.165) is 6.42 Å². The highest BCUT2D eigenvalue weighted by Crippen LogP contribution is 2.63. The Hall–Kier alpha value is -1.35. The van der Waals surface area contributed by atoms with Gasteiger partial charge in [0.15, 0.2) is 0 Å². The first-order valence-corrected chi connectivity index (χ1v) is 6.73. The molecule has 1 N–H and O–H groups in total. The average molecular weight is 245 g/mol. The number of carbonyl (C=O) groups is 1. The molecule has 0 saturated heterocycles. The monoisotopic (exact) mass is 245 g/mol. The summed E-state index contributed by atoms with van der Waals surface area (Å²) in [6, 6.07) is 8.56. The molecule has 96 valence electrons. The molecule has 3 nitrogen and oxygen atoms in total. The molecule has 1 unspecified atom stereocenters. The Morgan fingerprint density at radius 2 is 2.22 bits per heavy atom. The third kappa shape index (κ3) is 1.93. The maximum absolute atomic E-state index is 11.8. The minimum atomic E-state index is 0.00447. The molecule has 3 rings (SSSR count). The second-order valence-electron chi connectivity index (χ2n) is 5.45. The van der Waals surface area contributed by atoms with Crippen LogP contribution in [0.5, 0.6) is 0 Å². The fourth-order valence-electron chi connectivity index (χ4n) is 3.26. The zero-order chi connectivity index (χ0) is 12.6. The Bertz CT molecular complexity index is 465. The minimum Gasteiger partial charge on any atom is -0.274 e. The molecule has 1 amide bonds. The fourth-order valence-corrected chi connectivity index (χ4v) is 3.26. The molecule has 1 atom stereocenters. The van der Waals surface area contributed by atoms with Gasteiger partial charge in [0.1, 0.15) is 0 Å². The number of hydrogen-bond donors (Lipinski definition) is 1. The van der Waals surface area contributed by atoms with E-state index >= 15 is 0 Å². The molecule has 2 aliphatic carbocycles. The number of hydroxylamine groups is 1. The first-order chi connectivity index (χ1) is 8.75. The van der Waals surface area contributed by atoms with Crippen LogP contribution in [0.1, 0.15) is 43.2 Å². The third-order valence-corrected chi connectivity index (χ3v) is 4.32. The minimum absolute atomic E-state index is 0.00447. The molecule has 0 aromatic heterocycles. The van der Waals surface area contributed by atoms with Gasteiger partial charge < -0.3 is 0 Å². The van der Waals surface area contributed by atoms with E-state index < -0.39 is 0 Å². The molecule has 0 aliphatic heterocycles. The summed E-state index contributed by atoms with van der Waals surface area (Å²) in [5.41, 5.74) is 5.71. The van der Waals surface area contributed by atoms with Gasteiger partial charge in [-0.25, -0.2) is 5.48 Å². The van der Waals surface area contributed by atoms with Crippen molar-refractivity contribution in [3.05, 3.63) is 35.4 Å². The van der Waals surface area contributed by atoms with Crippen LogP contribution in [0.3, 0.4) is 0 Å². The van der Waals surface area contributed by atoms with Gasteiger partial charge in [0.05, 0.1) is 6.61 Å². The number of hydrogen-bond acceptors (Lipinski definition) is 2. The first kappa shape index (κ1) is 11.7. The fraction of sp³-hybridized carbons (Fsp3) is 0.533. The van der Waals surface area contributed by atoms with Crippen molar-refractivity contribution >= 4 is 5.91 Å². The highest BCUT2D eigenvalue weighted by Gasteiger charge is 2.54. The molecule has 1 spiro atoms. The summed E-state index contributed by atoms with van der Waals surface area (Å²) in [6.07, 6.45) is 4.22. The van der Waals surface area contributed by atoms with Gasteiger partial charge in [-0.05, 0) is 48.6 Å². The average Bonchev–Trinajstić information content (AvgIpc) is 3.08. The normalized spacial score (nSPS) is 22.8. The SMILES string of the molecule is CCONC(=O)CC1c2ccccc2CC12CC2. The summed E-state index contributed by atoms with van der Waals surface area (Å²) in [7, 11) is 0. The Balaban J connectivity index is 1.76. The number of rotatable bonds is 4. The maximum atomic E-state index is 11.8. The Kier molecular flexibility index (Phi) is 2.86. The van der Waals surface area contributed by atoms with Crippen LogP contribution in [0.15, 0.2) is 24.3 Å². The van der Waals surface area contributed by atoms with Gasteiger partial charge in [0, 0.05) is 6.42 Å². The molecule has 0 heterocycles. The van der Waals surface area contributed by atoms with Gasteiger partial charge in [-0.1, -0.05) is 24.3 Å². The van der Waals surface area contributed by atoms with Crippen LogP contribution in [0.4, 0.5) is 0 Å². The lowest BCUT2D eigenvalue weighted by Crippen LogP contribution is -2.26. The lowest BCUT2D eigenvalue weighted by molar-refractivity contribution is -0.133. The molecule has 1 aromatic rings. The summed E-state index contributed by atoms with van der Waals surface area (Å²) in [5, 5.41) is 0. The molecule has 1 aromatic carbocycles. The van der Waals surface area contributed by atoms with Crippen LogP contribution in [0, 0.1) is 5.41 Å². The van der Waals surface area contributed by atoms with E-state index in [0.29, 0.717) is 24.4 Å². The van der Waals surface area contributed by atoms with Crippen LogP contribution in [0.25, 0.3) is 0 Å². The predicted octanol–water partition coefficient (Wildman–Crippen LogP) is 2.56. The second-order valence-corrected chi connectivity index (χ2v) is 5.45. The molecule has 18 heavy (non-hydrogen) atoms. The Morgan fingerprint density at radius 1 is 1.44 bits per heavy atom. The summed E-state index contributed by atoms with van der Waals surface area (Å²) in [6.45, 7) is 2.38. The van der Waals surface area contributed by atoms with E-state index in [9.17, 15) is 4.79 Å². The van der Waals surface area contributed by atoms with Crippen LogP contribution >= 0.6 is 0 Å². The standard InChI is InChI=1S/C15H19NO2/c1-2-18-16-14(17)9-13-12-6-4-3-5-11(12)10-15(13)7-8-15/h3-6,13H,2,7-10H2,1H3,(H,16,17). The molecular weight excluding hydrogens is 226 g/mol. The van der Waals surface area contributed by atoms with E-state index in [1.54, 1.807) is 0 Å². The zero-order valence-electron chi connectivity index (χ0n) is 10.7. The molecule has 2 aliphatic rings. The van der Waals surface area contributed by atoms with Crippen LogP contribution in [-0.4, -0.2) is 12.5 Å². The lowest BCUT2D eigenvalue weighted by Gasteiger charge is -2.18. The summed E-state index contributed by atoms with van der Waals surface area (Å²) in [4.78, 5) is 16.8. The molecular formula is C15H19NO2. The van der Waals surface area contributed by atoms with Crippen LogP contribution < -0.4 is 5.48 Å². The number of fused-ring (bicyclic) bond motifs is 1. The largest absolute Gasteiger partial charge is 0.274 e.